The highest BCUT2D eigenvalue weighted by Crippen LogP contribution is 2.20. The number of rotatable bonds is 4. The molecule has 0 spiro atoms. The van der Waals surface area contributed by atoms with Crippen LogP contribution in [0.25, 0.3) is 0 Å². The lowest BCUT2D eigenvalue weighted by Crippen LogP contribution is -2.26. The lowest BCUT2D eigenvalue weighted by Gasteiger charge is -2.13. The largest absolute Gasteiger partial charge is 0.327 e. The fourth-order valence-electron chi connectivity index (χ4n) is 2.03. The van der Waals surface area contributed by atoms with Crippen molar-refractivity contribution in [2.75, 3.05) is 0 Å². The molecule has 20 heavy (non-hydrogen) atoms. The maximum absolute atomic E-state index is 13.5. The molecule has 0 saturated heterocycles. The lowest BCUT2D eigenvalue weighted by molar-refractivity contribution is 0.492. The van der Waals surface area contributed by atoms with Gasteiger partial charge >= 0.3 is 0 Å². The molecule has 2 rings (SSSR count). The van der Waals surface area contributed by atoms with Gasteiger partial charge in [-0.25, -0.2) is 13.2 Å². The van der Waals surface area contributed by atoms with E-state index in [1.165, 1.54) is 24.3 Å². The van der Waals surface area contributed by atoms with Crippen LogP contribution in [-0.4, -0.2) is 6.04 Å². The second-order valence-electron chi connectivity index (χ2n) is 4.62. The number of halogens is 4. The van der Waals surface area contributed by atoms with Crippen LogP contribution in [0.2, 0.25) is 0 Å². The van der Waals surface area contributed by atoms with E-state index in [2.05, 4.69) is 15.9 Å². The SMILES string of the molecule is NC(Cc1ccc(F)cc1Br)Cc1cccc(F)c1F. The van der Waals surface area contributed by atoms with Crippen LogP contribution in [0.15, 0.2) is 40.9 Å². The minimum absolute atomic E-state index is 0.216. The quantitative estimate of drug-likeness (QED) is 0.892. The third kappa shape index (κ3) is 3.61. The Bertz CT molecular complexity index is 616. The van der Waals surface area contributed by atoms with Gasteiger partial charge in [-0.2, -0.15) is 0 Å². The Morgan fingerprint density at radius 2 is 1.70 bits per heavy atom. The number of hydrogen-bond acceptors (Lipinski definition) is 1. The Kier molecular flexibility index (Phi) is 4.83. The normalized spacial score (nSPS) is 12.4. The monoisotopic (exact) mass is 343 g/mol. The molecule has 0 fully saturated rings. The third-order valence-electron chi connectivity index (χ3n) is 3.01. The predicted octanol–water partition coefficient (Wildman–Crippen LogP) is 3.98. The van der Waals surface area contributed by atoms with Gasteiger partial charge < -0.3 is 5.73 Å². The number of benzene rings is 2. The maximum atomic E-state index is 13.5. The van der Waals surface area contributed by atoms with Crippen molar-refractivity contribution < 1.29 is 13.2 Å². The van der Waals surface area contributed by atoms with Gasteiger partial charge in [-0.3, -0.25) is 0 Å². The summed E-state index contributed by atoms with van der Waals surface area (Å²) in [5.41, 5.74) is 7.04. The highest BCUT2D eigenvalue weighted by Gasteiger charge is 2.13. The van der Waals surface area contributed by atoms with E-state index in [4.69, 9.17) is 5.73 Å². The van der Waals surface area contributed by atoms with Gasteiger partial charge in [0.1, 0.15) is 5.82 Å². The van der Waals surface area contributed by atoms with Crippen LogP contribution >= 0.6 is 15.9 Å². The summed E-state index contributed by atoms with van der Waals surface area (Å²) < 4.78 is 40.2. The van der Waals surface area contributed by atoms with Crippen molar-refractivity contribution in [1.29, 1.82) is 0 Å². The van der Waals surface area contributed by atoms with Crippen molar-refractivity contribution in [2.24, 2.45) is 5.73 Å². The van der Waals surface area contributed by atoms with Gasteiger partial charge in [0.15, 0.2) is 11.6 Å². The number of hydrogen-bond donors (Lipinski definition) is 1. The zero-order valence-electron chi connectivity index (χ0n) is 10.5. The first-order chi connectivity index (χ1) is 9.47. The Balaban J connectivity index is 2.09. The van der Waals surface area contributed by atoms with Gasteiger partial charge in [-0.1, -0.05) is 34.1 Å². The minimum atomic E-state index is -0.877. The van der Waals surface area contributed by atoms with Crippen LogP contribution < -0.4 is 5.73 Å². The summed E-state index contributed by atoms with van der Waals surface area (Å²) in [6.07, 6.45) is 0.657. The molecule has 2 aromatic carbocycles. The van der Waals surface area contributed by atoms with E-state index in [1.54, 1.807) is 6.07 Å². The fourth-order valence-corrected chi connectivity index (χ4v) is 2.54. The molecule has 1 nitrogen and oxygen atoms in total. The van der Waals surface area contributed by atoms with Crippen molar-refractivity contribution in [3.63, 3.8) is 0 Å². The molecular formula is C15H13BrF3N. The van der Waals surface area contributed by atoms with Crippen LogP contribution in [0.5, 0.6) is 0 Å². The van der Waals surface area contributed by atoms with Crippen molar-refractivity contribution in [1.82, 2.24) is 0 Å². The van der Waals surface area contributed by atoms with E-state index in [-0.39, 0.29) is 23.8 Å². The van der Waals surface area contributed by atoms with Crippen molar-refractivity contribution in [3.8, 4) is 0 Å². The standard InChI is InChI=1S/C15H13BrF3N/c16-13-8-11(17)5-4-9(13)6-12(20)7-10-2-1-3-14(18)15(10)19/h1-5,8,12H,6-7,20H2. The molecule has 2 aromatic rings. The van der Waals surface area contributed by atoms with Crippen molar-refractivity contribution in [2.45, 2.75) is 18.9 Å². The Morgan fingerprint density at radius 3 is 2.40 bits per heavy atom. The first-order valence-electron chi connectivity index (χ1n) is 6.09. The van der Waals surface area contributed by atoms with Gasteiger partial charge in [0.25, 0.3) is 0 Å². The van der Waals surface area contributed by atoms with E-state index < -0.39 is 11.6 Å². The Labute approximate surface area is 123 Å². The summed E-state index contributed by atoms with van der Waals surface area (Å²) in [6, 6.07) is 7.97. The summed E-state index contributed by atoms with van der Waals surface area (Å²) in [6.45, 7) is 0. The molecule has 0 aliphatic carbocycles. The molecule has 106 valence electrons. The van der Waals surface area contributed by atoms with Crippen molar-refractivity contribution >= 4 is 15.9 Å². The third-order valence-corrected chi connectivity index (χ3v) is 3.75. The molecule has 2 N–H and O–H groups in total. The predicted molar refractivity (Wildman–Crippen MR) is 75.8 cm³/mol. The summed E-state index contributed by atoms with van der Waals surface area (Å²) in [5, 5.41) is 0. The average Bonchev–Trinajstić information content (AvgIpc) is 2.38. The van der Waals surface area contributed by atoms with Crippen LogP contribution in [0.1, 0.15) is 11.1 Å². The molecule has 0 amide bonds. The summed E-state index contributed by atoms with van der Waals surface area (Å²) in [4.78, 5) is 0. The topological polar surface area (TPSA) is 26.0 Å². The Hall–Kier alpha value is -1.33. The highest BCUT2D eigenvalue weighted by molar-refractivity contribution is 9.10. The molecule has 0 saturated carbocycles. The molecular weight excluding hydrogens is 331 g/mol. The summed E-state index contributed by atoms with van der Waals surface area (Å²) in [7, 11) is 0. The van der Waals surface area contributed by atoms with Gasteiger partial charge in [-0.05, 0) is 42.2 Å². The van der Waals surface area contributed by atoms with Crippen molar-refractivity contribution in [3.05, 3.63) is 69.4 Å². The van der Waals surface area contributed by atoms with Gasteiger partial charge in [0, 0.05) is 10.5 Å². The van der Waals surface area contributed by atoms with Crippen LogP contribution in [-0.2, 0) is 12.8 Å². The van der Waals surface area contributed by atoms with E-state index in [1.807, 2.05) is 0 Å². The second kappa shape index (κ2) is 6.41. The fraction of sp³-hybridized carbons (Fsp3) is 0.200. The molecule has 0 heterocycles. The minimum Gasteiger partial charge on any atom is -0.327 e. The molecule has 1 unspecified atom stereocenters. The Morgan fingerprint density at radius 1 is 1.00 bits per heavy atom. The molecule has 5 heteroatoms. The molecule has 0 bridgehead atoms. The summed E-state index contributed by atoms with van der Waals surface area (Å²) in [5.74, 6) is -2.08. The van der Waals surface area contributed by atoms with E-state index in [9.17, 15) is 13.2 Å². The van der Waals surface area contributed by atoms with E-state index >= 15 is 0 Å². The zero-order valence-corrected chi connectivity index (χ0v) is 12.1. The van der Waals surface area contributed by atoms with Crippen LogP contribution in [0.4, 0.5) is 13.2 Å². The number of nitrogens with two attached hydrogens (primary N) is 1. The van der Waals surface area contributed by atoms with E-state index in [0.29, 0.717) is 10.9 Å². The van der Waals surface area contributed by atoms with Gasteiger partial charge in [0.2, 0.25) is 0 Å². The second-order valence-corrected chi connectivity index (χ2v) is 5.47. The zero-order chi connectivity index (χ0) is 14.7. The molecule has 0 aliphatic heterocycles. The smallest absolute Gasteiger partial charge is 0.162 e. The molecule has 0 aromatic heterocycles. The van der Waals surface area contributed by atoms with Gasteiger partial charge in [-0.15, -0.1) is 0 Å². The van der Waals surface area contributed by atoms with Crippen LogP contribution in [0.3, 0.4) is 0 Å². The molecule has 0 radical (unpaired) electrons. The lowest BCUT2D eigenvalue weighted by atomic mass is 9.99. The van der Waals surface area contributed by atoms with Gasteiger partial charge in [0.05, 0.1) is 0 Å². The first kappa shape index (κ1) is 15.1. The van der Waals surface area contributed by atoms with Crippen LogP contribution in [0, 0.1) is 17.5 Å². The maximum Gasteiger partial charge on any atom is 0.162 e. The molecule has 0 aliphatic rings. The average molecular weight is 344 g/mol. The molecule has 1 atom stereocenters. The van der Waals surface area contributed by atoms with E-state index in [0.717, 1.165) is 11.6 Å². The summed E-state index contributed by atoms with van der Waals surface area (Å²) >= 11 is 3.26. The first-order valence-corrected chi connectivity index (χ1v) is 6.89. The highest BCUT2D eigenvalue weighted by atomic mass is 79.9.